The molecule has 0 spiro atoms. The van der Waals surface area contributed by atoms with Gasteiger partial charge in [-0.05, 0) is 48.7 Å². The number of aryl methyl sites for hydroxylation is 1. The molecular weight excluding hydrogens is 273 g/mol. The SMILES string of the molecule is CCNC(CCc1cc(Cl)ccc1F)c1ccccc1. The summed E-state index contributed by atoms with van der Waals surface area (Å²) < 4.78 is 13.7. The fourth-order valence-corrected chi connectivity index (χ4v) is 2.55. The molecule has 1 unspecified atom stereocenters. The molecule has 0 aliphatic carbocycles. The van der Waals surface area contributed by atoms with Crippen LogP contribution in [0.25, 0.3) is 0 Å². The van der Waals surface area contributed by atoms with Crippen LogP contribution < -0.4 is 5.32 Å². The van der Waals surface area contributed by atoms with Crippen LogP contribution in [0.4, 0.5) is 4.39 Å². The summed E-state index contributed by atoms with van der Waals surface area (Å²) >= 11 is 5.93. The van der Waals surface area contributed by atoms with Gasteiger partial charge in [0, 0.05) is 11.1 Å². The molecule has 2 aromatic carbocycles. The lowest BCUT2D eigenvalue weighted by atomic mass is 9.98. The van der Waals surface area contributed by atoms with Crippen molar-refractivity contribution in [2.75, 3.05) is 6.54 Å². The van der Waals surface area contributed by atoms with E-state index < -0.39 is 0 Å². The lowest BCUT2D eigenvalue weighted by molar-refractivity contribution is 0.507. The van der Waals surface area contributed by atoms with Crippen LogP contribution in [0.15, 0.2) is 48.5 Å². The van der Waals surface area contributed by atoms with E-state index >= 15 is 0 Å². The van der Waals surface area contributed by atoms with Crippen molar-refractivity contribution in [2.45, 2.75) is 25.8 Å². The molecule has 3 heteroatoms. The molecule has 0 aliphatic rings. The average Bonchev–Trinajstić information content (AvgIpc) is 2.47. The number of rotatable bonds is 6. The van der Waals surface area contributed by atoms with Crippen LogP contribution in [0.2, 0.25) is 5.02 Å². The summed E-state index contributed by atoms with van der Waals surface area (Å²) in [6.45, 7) is 2.97. The molecule has 2 rings (SSSR count). The van der Waals surface area contributed by atoms with Gasteiger partial charge in [0.15, 0.2) is 0 Å². The summed E-state index contributed by atoms with van der Waals surface area (Å²) in [4.78, 5) is 0. The molecule has 0 radical (unpaired) electrons. The van der Waals surface area contributed by atoms with Crippen molar-refractivity contribution in [1.29, 1.82) is 0 Å². The lowest BCUT2D eigenvalue weighted by Crippen LogP contribution is -2.21. The van der Waals surface area contributed by atoms with Crippen molar-refractivity contribution in [2.24, 2.45) is 0 Å². The molecule has 0 aliphatic heterocycles. The van der Waals surface area contributed by atoms with Gasteiger partial charge in [0.2, 0.25) is 0 Å². The molecule has 0 saturated heterocycles. The average molecular weight is 292 g/mol. The summed E-state index contributed by atoms with van der Waals surface area (Å²) in [6, 6.07) is 15.2. The van der Waals surface area contributed by atoms with Gasteiger partial charge < -0.3 is 5.32 Å². The maximum atomic E-state index is 13.7. The van der Waals surface area contributed by atoms with Gasteiger partial charge in [-0.1, -0.05) is 48.9 Å². The molecule has 1 N–H and O–H groups in total. The van der Waals surface area contributed by atoms with Gasteiger partial charge in [0.05, 0.1) is 0 Å². The Bertz CT molecular complexity index is 542. The van der Waals surface area contributed by atoms with E-state index in [4.69, 9.17) is 11.6 Å². The molecule has 0 amide bonds. The van der Waals surface area contributed by atoms with Crippen LogP contribution >= 0.6 is 11.6 Å². The largest absolute Gasteiger partial charge is 0.310 e. The zero-order valence-electron chi connectivity index (χ0n) is 11.6. The minimum absolute atomic E-state index is 0.183. The van der Waals surface area contributed by atoms with E-state index in [0.29, 0.717) is 17.0 Å². The van der Waals surface area contributed by atoms with Crippen molar-refractivity contribution < 1.29 is 4.39 Å². The number of benzene rings is 2. The second-order valence-corrected chi connectivity index (χ2v) is 5.23. The summed E-state index contributed by atoms with van der Waals surface area (Å²) in [5.41, 5.74) is 1.91. The van der Waals surface area contributed by atoms with Crippen LogP contribution in [0.5, 0.6) is 0 Å². The number of halogens is 2. The monoisotopic (exact) mass is 291 g/mol. The number of hydrogen-bond donors (Lipinski definition) is 1. The molecule has 0 heterocycles. The van der Waals surface area contributed by atoms with Crippen molar-refractivity contribution >= 4 is 11.6 Å². The third kappa shape index (κ3) is 4.06. The van der Waals surface area contributed by atoms with Crippen LogP contribution in [0.1, 0.15) is 30.5 Å². The Hall–Kier alpha value is -1.38. The van der Waals surface area contributed by atoms with Gasteiger partial charge in [-0.3, -0.25) is 0 Å². The molecule has 20 heavy (non-hydrogen) atoms. The van der Waals surface area contributed by atoms with Gasteiger partial charge in [0.25, 0.3) is 0 Å². The zero-order chi connectivity index (χ0) is 14.4. The van der Waals surface area contributed by atoms with Crippen LogP contribution in [-0.2, 0) is 6.42 Å². The van der Waals surface area contributed by atoms with Crippen LogP contribution in [-0.4, -0.2) is 6.54 Å². The highest BCUT2D eigenvalue weighted by Gasteiger charge is 2.11. The highest BCUT2D eigenvalue weighted by atomic mass is 35.5. The summed E-state index contributed by atoms with van der Waals surface area (Å²) in [5.74, 6) is -0.183. The fraction of sp³-hybridized carbons (Fsp3) is 0.294. The summed E-state index contributed by atoms with van der Waals surface area (Å²) in [7, 11) is 0. The van der Waals surface area contributed by atoms with Crippen molar-refractivity contribution in [3.63, 3.8) is 0 Å². The van der Waals surface area contributed by atoms with Gasteiger partial charge in [-0.25, -0.2) is 4.39 Å². The fourth-order valence-electron chi connectivity index (χ4n) is 2.35. The standard InChI is InChI=1S/C17H19ClFN/c1-2-20-17(13-6-4-3-5-7-13)11-8-14-12-15(18)9-10-16(14)19/h3-7,9-10,12,17,20H,2,8,11H2,1H3. The van der Waals surface area contributed by atoms with E-state index in [2.05, 4.69) is 24.4 Å². The van der Waals surface area contributed by atoms with Gasteiger partial charge in [-0.2, -0.15) is 0 Å². The molecule has 0 bridgehead atoms. The molecule has 1 nitrogen and oxygen atoms in total. The molecule has 1 atom stereocenters. The first-order valence-corrected chi connectivity index (χ1v) is 7.30. The van der Waals surface area contributed by atoms with Crippen LogP contribution in [0.3, 0.4) is 0 Å². The normalized spacial score (nSPS) is 12.3. The predicted molar refractivity (Wildman–Crippen MR) is 82.6 cm³/mol. The third-order valence-corrected chi connectivity index (χ3v) is 3.60. The van der Waals surface area contributed by atoms with Crippen LogP contribution in [0, 0.1) is 5.82 Å². The molecule has 106 valence electrons. The van der Waals surface area contributed by atoms with E-state index in [1.807, 2.05) is 18.2 Å². The first-order valence-electron chi connectivity index (χ1n) is 6.93. The van der Waals surface area contributed by atoms with E-state index in [-0.39, 0.29) is 11.9 Å². The van der Waals surface area contributed by atoms with Gasteiger partial charge in [-0.15, -0.1) is 0 Å². The van der Waals surface area contributed by atoms with E-state index in [1.165, 1.54) is 11.6 Å². The van der Waals surface area contributed by atoms with Gasteiger partial charge in [0.1, 0.15) is 5.82 Å². The number of hydrogen-bond acceptors (Lipinski definition) is 1. The number of nitrogens with one attached hydrogen (secondary N) is 1. The van der Waals surface area contributed by atoms with E-state index in [1.54, 1.807) is 12.1 Å². The molecular formula is C17H19ClFN. The topological polar surface area (TPSA) is 12.0 Å². The summed E-state index contributed by atoms with van der Waals surface area (Å²) in [6.07, 6.45) is 1.51. The van der Waals surface area contributed by atoms with Crippen molar-refractivity contribution in [1.82, 2.24) is 5.32 Å². The second kappa shape index (κ2) is 7.41. The quantitative estimate of drug-likeness (QED) is 0.809. The smallest absolute Gasteiger partial charge is 0.126 e. The van der Waals surface area contributed by atoms with E-state index in [9.17, 15) is 4.39 Å². The Balaban J connectivity index is 2.07. The molecule has 2 aromatic rings. The first-order chi connectivity index (χ1) is 9.70. The highest BCUT2D eigenvalue weighted by Crippen LogP contribution is 2.22. The Kier molecular flexibility index (Phi) is 5.57. The highest BCUT2D eigenvalue weighted by molar-refractivity contribution is 6.30. The summed E-state index contributed by atoms with van der Waals surface area (Å²) in [5, 5.41) is 4.03. The lowest BCUT2D eigenvalue weighted by Gasteiger charge is -2.18. The maximum Gasteiger partial charge on any atom is 0.126 e. The first kappa shape index (κ1) is 15.0. The third-order valence-electron chi connectivity index (χ3n) is 3.36. The Morgan fingerprint density at radius 1 is 1.15 bits per heavy atom. The zero-order valence-corrected chi connectivity index (χ0v) is 12.3. The Morgan fingerprint density at radius 3 is 2.60 bits per heavy atom. The van der Waals surface area contributed by atoms with Crippen molar-refractivity contribution in [3.05, 3.63) is 70.5 Å². The predicted octanol–water partition coefficient (Wildman–Crippen LogP) is 4.76. The van der Waals surface area contributed by atoms with Gasteiger partial charge >= 0.3 is 0 Å². The maximum absolute atomic E-state index is 13.7. The van der Waals surface area contributed by atoms with Crippen molar-refractivity contribution in [3.8, 4) is 0 Å². The molecule has 0 aromatic heterocycles. The molecule has 0 fully saturated rings. The Morgan fingerprint density at radius 2 is 1.90 bits per heavy atom. The molecule has 0 saturated carbocycles. The van der Waals surface area contributed by atoms with E-state index in [0.717, 1.165) is 13.0 Å². The Labute approximate surface area is 124 Å². The minimum Gasteiger partial charge on any atom is -0.310 e. The minimum atomic E-state index is -0.183. The second-order valence-electron chi connectivity index (χ2n) is 4.80.